The van der Waals surface area contributed by atoms with Gasteiger partial charge in [0, 0.05) is 29.6 Å². The van der Waals surface area contributed by atoms with Crippen LogP contribution in [-0.2, 0) is 10.1 Å². The van der Waals surface area contributed by atoms with Gasteiger partial charge in [0.15, 0.2) is 0 Å². The Hall–Kier alpha value is 0.840. The van der Waals surface area contributed by atoms with Gasteiger partial charge in [-0.2, -0.15) is 8.42 Å². The molecule has 0 aromatic heterocycles. The second kappa shape index (κ2) is 7.94. The maximum atomic E-state index is 9.95. The summed E-state index contributed by atoms with van der Waals surface area (Å²) < 4.78 is 28.0. The summed E-state index contributed by atoms with van der Waals surface area (Å²) >= 11 is 0. The van der Waals surface area contributed by atoms with Gasteiger partial charge in [0.1, 0.15) is 0 Å². The van der Waals surface area contributed by atoms with Crippen LogP contribution in [-0.4, -0.2) is 48.3 Å². The smallest absolute Gasteiger partial charge is 0.264 e. The molecule has 0 aromatic rings. The van der Waals surface area contributed by atoms with E-state index in [9.17, 15) is 8.42 Å². The van der Waals surface area contributed by atoms with Gasteiger partial charge in [0.25, 0.3) is 10.1 Å². The molecule has 10 heavy (non-hydrogen) atoms. The number of rotatable bonds is 3. The van der Waals surface area contributed by atoms with Crippen LogP contribution in [0.5, 0.6) is 0 Å². The van der Waals surface area contributed by atoms with Crippen LogP contribution in [0.25, 0.3) is 0 Å². The van der Waals surface area contributed by atoms with Crippen molar-refractivity contribution in [2.45, 2.75) is 19.8 Å². The molecule has 0 unspecified atom stereocenters. The molecule has 0 saturated carbocycles. The Morgan fingerprint density at radius 2 is 1.80 bits per heavy atom. The number of unbranched alkanes of at least 4 members (excludes halogenated alkanes) is 1. The van der Waals surface area contributed by atoms with Crippen LogP contribution in [0.4, 0.5) is 4.70 Å². The van der Waals surface area contributed by atoms with Crippen LogP contribution in [0.2, 0.25) is 0 Å². The first-order valence-electron chi connectivity index (χ1n) is 2.51. The molecule has 0 atom stereocenters. The van der Waals surface area contributed by atoms with Crippen LogP contribution in [0.15, 0.2) is 0 Å². The van der Waals surface area contributed by atoms with Crippen molar-refractivity contribution in [3.8, 4) is 0 Å². The van der Waals surface area contributed by atoms with Crippen LogP contribution >= 0.6 is 0 Å². The van der Waals surface area contributed by atoms with Crippen molar-refractivity contribution < 1.29 is 17.7 Å². The molecule has 0 rings (SSSR count). The first-order valence-corrected chi connectivity index (χ1v) is 4.12. The van der Waals surface area contributed by atoms with Crippen molar-refractivity contribution in [2.75, 3.05) is 5.75 Å². The predicted octanol–water partition coefficient (Wildman–Crippen LogP) is 0.446. The van der Waals surface area contributed by atoms with Gasteiger partial charge in [-0.15, -0.1) is 0 Å². The Kier molecular flexibility index (Phi) is 13.6. The molecule has 0 saturated heterocycles. The van der Waals surface area contributed by atoms with Crippen molar-refractivity contribution in [3.63, 3.8) is 0 Å². The fourth-order valence-corrected chi connectivity index (χ4v) is 0.980. The van der Waals surface area contributed by atoms with E-state index in [1.165, 1.54) is 0 Å². The summed E-state index contributed by atoms with van der Waals surface area (Å²) in [7, 11) is -3.69. The molecule has 0 spiro atoms. The van der Waals surface area contributed by atoms with E-state index in [1.54, 1.807) is 0 Å². The molecule has 1 N–H and O–H groups in total. The summed E-state index contributed by atoms with van der Waals surface area (Å²) in [5, 5.41) is 0. The fourth-order valence-electron chi connectivity index (χ4n) is 0.327. The Labute approximate surface area is 82.6 Å². The van der Waals surface area contributed by atoms with E-state index in [2.05, 4.69) is 0 Å². The van der Waals surface area contributed by atoms with Gasteiger partial charge in [-0.05, 0) is 6.42 Å². The molecule has 0 fully saturated rings. The van der Waals surface area contributed by atoms with E-state index in [0.717, 1.165) is 6.42 Å². The third kappa shape index (κ3) is 15.9. The monoisotopic (exact) mass is 181 g/mol. The second-order valence-electron chi connectivity index (χ2n) is 1.64. The Balaban J connectivity index is -0.000000245. The second-order valence-corrected chi connectivity index (χ2v) is 3.21. The molecule has 0 aliphatic heterocycles. The molecule has 3 nitrogen and oxygen atoms in total. The van der Waals surface area contributed by atoms with Crippen LogP contribution in [0.3, 0.4) is 0 Å². The van der Waals surface area contributed by atoms with Crippen LogP contribution in [0, 0.1) is 0 Å². The standard InChI is InChI=1S/C4H10O3S.FH.Na/c1-2-3-4-8(5,6)7;;/h2-4H2,1H3,(H,5,6,7);1H;. The molecule has 6 heteroatoms. The van der Waals surface area contributed by atoms with Gasteiger partial charge in [0.2, 0.25) is 0 Å². The molecule has 0 bridgehead atoms. The largest absolute Gasteiger partial charge is 0.286 e. The first-order chi connectivity index (χ1) is 3.56. The zero-order valence-electron chi connectivity index (χ0n) is 6.20. The predicted molar refractivity (Wildman–Crippen MR) is 39.6 cm³/mol. The fraction of sp³-hybridized carbons (Fsp3) is 1.00. The third-order valence-corrected chi connectivity index (χ3v) is 1.56. The first kappa shape index (κ1) is 17.1. The van der Waals surface area contributed by atoms with Crippen LogP contribution in [0.1, 0.15) is 19.8 Å². The van der Waals surface area contributed by atoms with E-state index in [-0.39, 0.29) is 40.0 Å². The number of hydrogen-bond donors (Lipinski definition) is 1. The Morgan fingerprint density at radius 1 is 1.40 bits per heavy atom. The SMILES string of the molecule is CCCCS(=O)(=O)O.F.[Na]. The summed E-state index contributed by atoms with van der Waals surface area (Å²) in [6.45, 7) is 1.87. The quantitative estimate of drug-likeness (QED) is 0.508. The zero-order chi connectivity index (χ0) is 6.62. The van der Waals surface area contributed by atoms with Gasteiger partial charge in [-0.3, -0.25) is 9.26 Å². The van der Waals surface area contributed by atoms with E-state index < -0.39 is 10.1 Å². The molecule has 0 aliphatic rings. The molecule has 0 aromatic carbocycles. The van der Waals surface area contributed by atoms with E-state index in [0.29, 0.717) is 6.42 Å². The van der Waals surface area contributed by atoms with Crippen molar-refractivity contribution in [1.82, 2.24) is 0 Å². The summed E-state index contributed by atoms with van der Waals surface area (Å²) in [4.78, 5) is 0. The van der Waals surface area contributed by atoms with Gasteiger partial charge in [0.05, 0.1) is 5.75 Å². The summed E-state index contributed by atoms with van der Waals surface area (Å²) in [5.41, 5.74) is 0. The molecular weight excluding hydrogens is 170 g/mol. The minimum atomic E-state index is -3.69. The average molecular weight is 181 g/mol. The maximum absolute atomic E-state index is 9.95. The van der Waals surface area contributed by atoms with E-state index in [1.807, 2.05) is 6.92 Å². The summed E-state index contributed by atoms with van der Waals surface area (Å²) in [6, 6.07) is 0. The summed E-state index contributed by atoms with van der Waals surface area (Å²) in [5.74, 6) is -0.108. The molecule has 0 heterocycles. The molecule has 1 radical (unpaired) electrons. The minimum absolute atomic E-state index is 0. The molecule has 59 valence electrons. The van der Waals surface area contributed by atoms with Gasteiger partial charge < -0.3 is 0 Å². The van der Waals surface area contributed by atoms with E-state index >= 15 is 0 Å². The Morgan fingerprint density at radius 3 is 1.90 bits per heavy atom. The molecule has 0 amide bonds. The zero-order valence-corrected chi connectivity index (χ0v) is 9.02. The minimum Gasteiger partial charge on any atom is -0.286 e. The van der Waals surface area contributed by atoms with Crippen molar-refractivity contribution in [2.24, 2.45) is 0 Å². The normalized spacial score (nSPS) is 9.40. The number of halogens is 1. The van der Waals surface area contributed by atoms with Crippen molar-refractivity contribution in [3.05, 3.63) is 0 Å². The summed E-state index contributed by atoms with van der Waals surface area (Å²) in [6.07, 6.45) is 1.33. The molecular formula is C4H11FNaO3S. The maximum Gasteiger partial charge on any atom is 0.264 e. The topological polar surface area (TPSA) is 54.4 Å². The third-order valence-electron chi connectivity index (χ3n) is 0.756. The van der Waals surface area contributed by atoms with E-state index in [4.69, 9.17) is 4.55 Å². The van der Waals surface area contributed by atoms with Crippen LogP contribution < -0.4 is 0 Å². The average Bonchev–Trinajstić information content (AvgIpc) is 1.59. The van der Waals surface area contributed by atoms with Gasteiger partial charge in [-0.1, -0.05) is 13.3 Å². The van der Waals surface area contributed by atoms with Crippen molar-refractivity contribution in [1.29, 1.82) is 0 Å². The van der Waals surface area contributed by atoms with Gasteiger partial charge in [-0.25, -0.2) is 0 Å². The van der Waals surface area contributed by atoms with Gasteiger partial charge >= 0.3 is 0 Å². The van der Waals surface area contributed by atoms with Crippen molar-refractivity contribution >= 4 is 39.7 Å². The Bertz CT molecular complexity index is 145. The molecule has 0 aliphatic carbocycles. The number of hydrogen-bond acceptors (Lipinski definition) is 2.